The van der Waals surface area contributed by atoms with Crippen LogP contribution in [0.1, 0.15) is 33.1 Å². The molecule has 0 aromatic heterocycles. The Bertz CT molecular complexity index is 353. The molecule has 0 bridgehead atoms. The Kier molecular flexibility index (Phi) is 8.13. The van der Waals surface area contributed by atoms with Gasteiger partial charge in [-0.25, -0.2) is 0 Å². The maximum absolute atomic E-state index is 10.1. The minimum atomic E-state index is -0.178. The van der Waals surface area contributed by atoms with Crippen molar-refractivity contribution in [1.29, 1.82) is 0 Å². The highest BCUT2D eigenvalue weighted by atomic mass is 31.1. The first-order valence-corrected chi connectivity index (χ1v) is 8.14. The number of hydrogen-bond donors (Lipinski definition) is 1. The van der Waals surface area contributed by atoms with Gasteiger partial charge in [0.2, 0.25) is 0 Å². The van der Waals surface area contributed by atoms with Crippen molar-refractivity contribution in [2.24, 2.45) is 11.8 Å². The average molecular weight is 297 g/mol. The minimum Gasteiger partial charge on any atom is -0.468 e. The van der Waals surface area contributed by atoms with Crippen LogP contribution in [0.15, 0.2) is 36.1 Å². The molecular weight excluding hydrogens is 269 g/mol. The van der Waals surface area contributed by atoms with Crippen molar-refractivity contribution < 1.29 is 9.63 Å². The second-order valence-corrected chi connectivity index (χ2v) is 7.07. The van der Waals surface area contributed by atoms with Crippen LogP contribution < -0.4 is 0 Å². The summed E-state index contributed by atoms with van der Waals surface area (Å²) in [6, 6.07) is 0. The lowest BCUT2D eigenvalue weighted by Crippen LogP contribution is -2.29. The Labute approximate surface area is 125 Å². The van der Waals surface area contributed by atoms with E-state index < -0.39 is 0 Å². The Morgan fingerprint density at radius 1 is 1.30 bits per heavy atom. The number of rotatable bonds is 6. The smallest absolute Gasteiger partial charge is 0.147 e. The van der Waals surface area contributed by atoms with Crippen LogP contribution in [0.2, 0.25) is 0 Å². The summed E-state index contributed by atoms with van der Waals surface area (Å²) >= 11 is 0. The molecule has 0 aliphatic heterocycles. The summed E-state index contributed by atoms with van der Waals surface area (Å²) in [4.78, 5) is 0. The third-order valence-electron chi connectivity index (χ3n) is 3.57. The number of aliphatic hydroxyl groups excluding tert-OH is 1. The zero-order chi connectivity index (χ0) is 15.0. The summed E-state index contributed by atoms with van der Waals surface area (Å²) in [7, 11) is 4.31. The van der Waals surface area contributed by atoms with Gasteiger partial charge in [0, 0.05) is 5.92 Å². The summed E-state index contributed by atoms with van der Waals surface area (Å²) in [5, 5.41) is 10.1. The molecule has 114 valence electrons. The van der Waals surface area contributed by atoms with E-state index in [4.69, 9.17) is 4.52 Å². The van der Waals surface area contributed by atoms with E-state index in [0.29, 0.717) is 20.8 Å². The molecule has 0 heterocycles. The van der Waals surface area contributed by atoms with Gasteiger partial charge in [-0.2, -0.15) is 0 Å². The predicted octanol–water partition coefficient (Wildman–Crippen LogP) is 3.89. The molecule has 0 radical (unpaired) electrons. The maximum Gasteiger partial charge on any atom is 0.147 e. The molecule has 1 aliphatic rings. The molecule has 1 aliphatic carbocycles. The quantitative estimate of drug-likeness (QED) is 0.459. The molecule has 0 aromatic carbocycles. The Balaban J connectivity index is 2.43. The summed E-state index contributed by atoms with van der Waals surface area (Å²) in [5.41, 5.74) is 1.20. The highest BCUT2D eigenvalue weighted by molar-refractivity contribution is 7.29. The molecule has 20 heavy (non-hydrogen) atoms. The Morgan fingerprint density at radius 2 is 2.05 bits per heavy atom. The Hall–Kier alpha value is -0.630. The molecule has 1 N–H and O–H groups in total. The number of nitrogens with zero attached hydrogens (tertiary/aromatic N) is 1. The van der Waals surface area contributed by atoms with Crippen molar-refractivity contribution >= 4 is 8.96 Å². The highest BCUT2D eigenvalue weighted by Crippen LogP contribution is 2.31. The van der Waals surface area contributed by atoms with E-state index >= 15 is 0 Å². The van der Waals surface area contributed by atoms with Crippen molar-refractivity contribution in [2.45, 2.75) is 39.2 Å². The van der Waals surface area contributed by atoms with Gasteiger partial charge in [0.05, 0.1) is 12.4 Å². The zero-order valence-corrected chi connectivity index (χ0v) is 14.0. The average Bonchev–Trinajstić information content (AvgIpc) is 2.38. The molecule has 0 saturated heterocycles. The molecular formula is C16H28NO2P. The van der Waals surface area contributed by atoms with Gasteiger partial charge in [0.1, 0.15) is 8.96 Å². The van der Waals surface area contributed by atoms with Gasteiger partial charge in [-0.1, -0.05) is 37.1 Å². The maximum atomic E-state index is 10.1. The second kappa shape index (κ2) is 9.33. The van der Waals surface area contributed by atoms with E-state index in [-0.39, 0.29) is 6.10 Å². The summed E-state index contributed by atoms with van der Waals surface area (Å²) in [6.45, 7) is 4.32. The van der Waals surface area contributed by atoms with Crippen LogP contribution in [-0.4, -0.2) is 30.0 Å². The van der Waals surface area contributed by atoms with E-state index in [1.54, 1.807) is 6.26 Å². The van der Waals surface area contributed by atoms with E-state index in [2.05, 4.69) is 26.0 Å². The fourth-order valence-electron chi connectivity index (χ4n) is 2.48. The first-order chi connectivity index (χ1) is 9.50. The van der Waals surface area contributed by atoms with Crippen LogP contribution in [0.25, 0.3) is 0 Å². The van der Waals surface area contributed by atoms with Gasteiger partial charge in [-0.15, -0.1) is 0 Å². The molecule has 1 rings (SSSR count). The summed E-state index contributed by atoms with van der Waals surface area (Å²) < 4.78 is 7.31. The highest BCUT2D eigenvalue weighted by Gasteiger charge is 2.27. The number of hydrogen-bond acceptors (Lipinski definition) is 3. The SMILES string of the molecule is CC(/C=C\C=C\OPN(C)C)=C\C1C(C)CCCC1O. The van der Waals surface area contributed by atoms with Gasteiger partial charge in [0.25, 0.3) is 0 Å². The first kappa shape index (κ1) is 17.4. The van der Waals surface area contributed by atoms with Gasteiger partial charge >= 0.3 is 0 Å². The number of aliphatic hydroxyl groups is 1. The summed E-state index contributed by atoms with van der Waals surface area (Å²) in [6.07, 6.45) is 13.0. The fourth-order valence-corrected chi connectivity index (χ4v) is 2.83. The molecule has 4 unspecified atom stereocenters. The fraction of sp³-hybridized carbons (Fsp3) is 0.625. The minimum absolute atomic E-state index is 0.178. The molecule has 0 aromatic rings. The molecule has 3 nitrogen and oxygen atoms in total. The van der Waals surface area contributed by atoms with Crippen LogP contribution in [-0.2, 0) is 4.52 Å². The third kappa shape index (κ3) is 6.69. The van der Waals surface area contributed by atoms with E-state index in [9.17, 15) is 5.11 Å². The van der Waals surface area contributed by atoms with Crippen molar-refractivity contribution in [1.82, 2.24) is 4.67 Å². The van der Waals surface area contributed by atoms with Crippen molar-refractivity contribution in [3.05, 3.63) is 36.1 Å². The standard InChI is InChI=1S/C16H28NO2P/c1-13(8-5-6-11-19-20-17(3)4)12-15-14(2)9-7-10-16(15)18/h5-6,8,11-12,14-16,18,20H,7,9-10H2,1-4H3/b8-5-,11-6+,13-12+. The lowest BCUT2D eigenvalue weighted by molar-refractivity contribution is 0.0632. The topological polar surface area (TPSA) is 32.7 Å². The van der Waals surface area contributed by atoms with Gasteiger partial charge in [0.15, 0.2) is 0 Å². The molecule has 1 saturated carbocycles. The van der Waals surface area contributed by atoms with E-state index in [1.807, 2.05) is 30.9 Å². The Morgan fingerprint density at radius 3 is 2.70 bits per heavy atom. The van der Waals surface area contributed by atoms with Crippen LogP contribution in [0.5, 0.6) is 0 Å². The molecule has 4 heteroatoms. The lowest BCUT2D eigenvalue weighted by Gasteiger charge is -2.31. The van der Waals surface area contributed by atoms with E-state index in [1.165, 1.54) is 12.0 Å². The van der Waals surface area contributed by atoms with Gasteiger partial charge in [-0.05, 0) is 45.9 Å². The van der Waals surface area contributed by atoms with Crippen molar-refractivity contribution in [3.63, 3.8) is 0 Å². The molecule has 0 amide bonds. The zero-order valence-electron chi connectivity index (χ0n) is 13.0. The van der Waals surface area contributed by atoms with Gasteiger partial charge < -0.3 is 9.63 Å². The van der Waals surface area contributed by atoms with Crippen molar-refractivity contribution in [2.75, 3.05) is 14.1 Å². The van der Waals surface area contributed by atoms with Crippen molar-refractivity contribution in [3.8, 4) is 0 Å². The van der Waals surface area contributed by atoms with Crippen LogP contribution in [0, 0.1) is 11.8 Å². The first-order valence-electron chi connectivity index (χ1n) is 7.29. The molecule has 0 spiro atoms. The van der Waals surface area contributed by atoms with E-state index in [0.717, 1.165) is 12.8 Å². The third-order valence-corrected chi connectivity index (χ3v) is 4.17. The lowest BCUT2D eigenvalue weighted by atomic mass is 9.77. The van der Waals surface area contributed by atoms with Crippen LogP contribution in [0.3, 0.4) is 0 Å². The summed E-state index contributed by atoms with van der Waals surface area (Å²) in [5.74, 6) is 0.867. The van der Waals surface area contributed by atoms with Crippen LogP contribution in [0.4, 0.5) is 0 Å². The van der Waals surface area contributed by atoms with Gasteiger partial charge in [-0.3, -0.25) is 4.67 Å². The monoisotopic (exact) mass is 297 g/mol. The largest absolute Gasteiger partial charge is 0.468 e. The normalized spacial score (nSPS) is 29.3. The molecule has 1 fully saturated rings. The van der Waals surface area contributed by atoms with Crippen LogP contribution >= 0.6 is 8.96 Å². The predicted molar refractivity (Wildman–Crippen MR) is 87.6 cm³/mol. The molecule has 4 atom stereocenters. The number of allylic oxidation sites excluding steroid dienone is 4. The second-order valence-electron chi connectivity index (χ2n) is 5.75.